The van der Waals surface area contributed by atoms with Crippen LogP contribution in [0.2, 0.25) is 5.02 Å². The molecule has 1 fully saturated rings. The highest BCUT2D eigenvalue weighted by Crippen LogP contribution is 2.24. The van der Waals surface area contributed by atoms with Crippen LogP contribution in [0.5, 0.6) is 5.75 Å². The van der Waals surface area contributed by atoms with Crippen molar-refractivity contribution in [1.82, 2.24) is 5.32 Å². The van der Waals surface area contributed by atoms with E-state index < -0.39 is 17.8 Å². The molecule has 4 rings (SSSR count). The van der Waals surface area contributed by atoms with E-state index in [-0.39, 0.29) is 5.57 Å². The van der Waals surface area contributed by atoms with E-state index >= 15 is 0 Å². The first-order valence-corrected chi connectivity index (χ1v) is 10.2. The lowest BCUT2D eigenvalue weighted by Gasteiger charge is -2.26. The first-order chi connectivity index (χ1) is 15.4. The molecular formula is C25H19ClN2O4. The maximum Gasteiger partial charge on any atom is 0.335 e. The lowest BCUT2D eigenvalue weighted by molar-refractivity contribution is -0.122. The Morgan fingerprint density at radius 3 is 2.47 bits per heavy atom. The van der Waals surface area contributed by atoms with Gasteiger partial charge in [-0.1, -0.05) is 48.0 Å². The summed E-state index contributed by atoms with van der Waals surface area (Å²) in [6.45, 7) is 2.41. The first kappa shape index (κ1) is 21.3. The Morgan fingerprint density at radius 2 is 1.72 bits per heavy atom. The number of barbiturate groups is 1. The predicted octanol–water partition coefficient (Wildman–Crippen LogP) is 4.89. The summed E-state index contributed by atoms with van der Waals surface area (Å²) in [7, 11) is 0. The van der Waals surface area contributed by atoms with Crippen LogP contribution in [-0.2, 0) is 16.2 Å². The number of carbonyl (C=O) groups excluding carboxylic acids is 3. The summed E-state index contributed by atoms with van der Waals surface area (Å²) in [5.41, 5.74) is 2.94. The number of anilines is 1. The van der Waals surface area contributed by atoms with Gasteiger partial charge in [0, 0.05) is 5.02 Å². The van der Waals surface area contributed by atoms with Gasteiger partial charge in [-0.05, 0) is 66.1 Å². The van der Waals surface area contributed by atoms with Gasteiger partial charge in [-0.25, -0.2) is 9.69 Å². The molecule has 0 atom stereocenters. The Kier molecular flexibility index (Phi) is 6.05. The van der Waals surface area contributed by atoms with Crippen LogP contribution in [0.15, 0.2) is 78.4 Å². The van der Waals surface area contributed by atoms with Gasteiger partial charge in [0.05, 0.1) is 5.69 Å². The molecule has 4 amide bonds. The van der Waals surface area contributed by atoms with Crippen molar-refractivity contribution in [3.05, 3.63) is 100 Å². The maximum absolute atomic E-state index is 13.0. The van der Waals surface area contributed by atoms with E-state index in [1.807, 2.05) is 31.2 Å². The van der Waals surface area contributed by atoms with Gasteiger partial charge in [-0.15, -0.1) is 0 Å². The molecule has 0 aromatic heterocycles. The summed E-state index contributed by atoms with van der Waals surface area (Å²) in [4.78, 5) is 38.6. The quantitative estimate of drug-likeness (QED) is 0.447. The van der Waals surface area contributed by atoms with Gasteiger partial charge in [-0.2, -0.15) is 0 Å². The zero-order chi connectivity index (χ0) is 22.7. The monoisotopic (exact) mass is 446 g/mol. The van der Waals surface area contributed by atoms with Crippen LogP contribution in [0.4, 0.5) is 10.5 Å². The summed E-state index contributed by atoms with van der Waals surface area (Å²) in [6, 6.07) is 20.4. The molecule has 1 saturated heterocycles. The Morgan fingerprint density at radius 1 is 0.969 bits per heavy atom. The molecule has 7 heteroatoms. The lowest BCUT2D eigenvalue weighted by atomic mass is 10.1. The van der Waals surface area contributed by atoms with Crippen molar-refractivity contribution in [2.75, 3.05) is 4.90 Å². The van der Waals surface area contributed by atoms with E-state index in [2.05, 4.69) is 5.32 Å². The molecule has 0 unspecified atom stereocenters. The zero-order valence-electron chi connectivity index (χ0n) is 17.2. The number of aryl methyl sites for hydroxylation is 1. The van der Waals surface area contributed by atoms with Crippen molar-refractivity contribution < 1.29 is 19.1 Å². The number of nitrogens with one attached hydrogen (secondary N) is 1. The highest BCUT2D eigenvalue weighted by Gasteiger charge is 2.36. The number of benzene rings is 3. The normalized spacial score (nSPS) is 15.1. The Hall–Kier alpha value is -3.90. The van der Waals surface area contributed by atoms with Gasteiger partial charge in [0.2, 0.25) is 0 Å². The molecule has 0 spiro atoms. The van der Waals surface area contributed by atoms with Crippen molar-refractivity contribution >= 4 is 41.2 Å². The van der Waals surface area contributed by atoms with Crippen LogP contribution in [0.25, 0.3) is 6.08 Å². The SMILES string of the molecule is Cc1ccccc1COc1cccc(/C=C2/C(=O)NC(=O)N(c3ccc(Cl)cc3)C2=O)c1. The molecule has 1 aliphatic rings. The number of nitrogens with zero attached hydrogens (tertiary/aromatic N) is 1. The minimum atomic E-state index is -0.810. The van der Waals surface area contributed by atoms with Crippen molar-refractivity contribution in [2.24, 2.45) is 0 Å². The zero-order valence-corrected chi connectivity index (χ0v) is 17.9. The van der Waals surface area contributed by atoms with E-state index in [4.69, 9.17) is 16.3 Å². The predicted molar refractivity (Wildman–Crippen MR) is 122 cm³/mol. The topological polar surface area (TPSA) is 75.7 Å². The third-order valence-electron chi connectivity index (χ3n) is 5.01. The second-order valence-electron chi connectivity index (χ2n) is 7.22. The Balaban J connectivity index is 1.58. The van der Waals surface area contributed by atoms with Crippen molar-refractivity contribution in [2.45, 2.75) is 13.5 Å². The van der Waals surface area contributed by atoms with Gasteiger partial charge in [0.15, 0.2) is 0 Å². The Labute approximate surface area is 190 Å². The van der Waals surface area contributed by atoms with Crippen molar-refractivity contribution in [3.63, 3.8) is 0 Å². The smallest absolute Gasteiger partial charge is 0.335 e. The number of imide groups is 2. The van der Waals surface area contributed by atoms with Crippen LogP contribution in [0.1, 0.15) is 16.7 Å². The fourth-order valence-electron chi connectivity index (χ4n) is 3.28. The average molecular weight is 447 g/mol. The van der Waals surface area contributed by atoms with Crippen molar-refractivity contribution in [1.29, 1.82) is 0 Å². The molecule has 0 saturated carbocycles. The molecule has 6 nitrogen and oxygen atoms in total. The molecule has 32 heavy (non-hydrogen) atoms. The molecule has 3 aromatic carbocycles. The van der Waals surface area contributed by atoms with Gasteiger partial charge in [-0.3, -0.25) is 14.9 Å². The number of hydrogen-bond donors (Lipinski definition) is 1. The van der Waals surface area contributed by atoms with E-state index in [1.54, 1.807) is 36.4 Å². The maximum atomic E-state index is 13.0. The largest absolute Gasteiger partial charge is 0.489 e. The third kappa shape index (κ3) is 4.55. The summed E-state index contributed by atoms with van der Waals surface area (Å²) in [6.07, 6.45) is 1.44. The van der Waals surface area contributed by atoms with Crippen LogP contribution in [-0.4, -0.2) is 17.8 Å². The van der Waals surface area contributed by atoms with Crippen LogP contribution in [0.3, 0.4) is 0 Å². The fourth-order valence-corrected chi connectivity index (χ4v) is 3.40. The number of carbonyl (C=O) groups is 3. The van der Waals surface area contributed by atoms with Crippen LogP contribution < -0.4 is 15.0 Å². The molecule has 0 bridgehead atoms. The van der Waals surface area contributed by atoms with Gasteiger partial charge >= 0.3 is 6.03 Å². The van der Waals surface area contributed by atoms with E-state index in [0.29, 0.717) is 28.6 Å². The molecule has 3 aromatic rings. The van der Waals surface area contributed by atoms with Crippen molar-refractivity contribution in [3.8, 4) is 5.75 Å². The van der Waals surface area contributed by atoms with E-state index in [1.165, 1.54) is 18.2 Å². The highest BCUT2D eigenvalue weighted by atomic mass is 35.5. The standard InChI is InChI=1S/C25H19ClN2O4/c1-16-5-2-3-7-18(16)15-32-21-8-4-6-17(13-21)14-22-23(29)27-25(31)28(24(22)30)20-11-9-19(26)10-12-20/h2-14H,15H2,1H3,(H,27,29,31)/b22-14-. The third-order valence-corrected chi connectivity index (χ3v) is 5.26. The van der Waals surface area contributed by atoms with Gasteiger partial charge < -0.3 is 4.74 Å². The molecule has 160 valence electrons. The lowest BCUT2D eigenvalue weighted by Crippen LogP contribution is -2.54. The van der Waals surface area contributed by atoms with Gasteiger partial charge in [0.1, 0.15) is 17.9 Å². The number of urea groups is 1. The van der Waals surface area contributed by atoms with E-state index in [0.717, 1.165) is 16.0 Å². The average Bonchev–Trinajstić information content (AvgIpc) is 2.77. The number of amides is 4. The highest BCUT2D eigenvalue weighted by molar-refractivity contribution is 6.39. The van der Waals surface area contributed by atoms with Crippen LogP contribution >= 0.6 is 11.6 Å². The Bertz CT molecular complexity index is 1230. The number of hydrogen-bond acceptors (Lipinski definition) is 4. The molecular weight excluding hydrogens is 428 g/mol. The first-order valence-electron chi connectivity index (χ1n) is 9.87. The van der Waals surface area contributed by atoms with Gasteiger partial charge in [0.25, 0.3) is 11.8 Å². The minimum absolute atomic E-state index is 0.157. The van der Waals surface area contributed by atoms with Crippen LogP contribution in [0, 0.1) is 6.92 Å². The second kappa shape index (κ2) is 9.08. The molecule has 0 aliphatic carbocycles. The molecule has 1 N–H and O–H groups in total. The summed E-state index contributed by atoms with van der Waals surface area (Å²) >= 11 is 5.89. The fraction of sp³-hybridized carbons (Fsp3) is 0.0800. The number of ether oxygens (including phenoxy) is 1. The number of rotatable bonds is 5. The summed E-state index contributed by atoms with van der Waals surface area (Å²) < 4.78 is 5.88. The minimum Gasteiger partial charge on any atom is -0.489 e. The molecule has 1 aliphatic heterocycles. The number of halogens is 1. The summed E-state index contributed by atoms with van der Waals surface area (Å²) in [5.74, 6) is -0.874. The summed E-state index contributed by atoms with van der Waals surface area (Å²) in [5, 5.41) is 2.67. The van der Waals surface area contributed by atoms with E-state index in [9.17, 15) is 14.4 Å². The second-order valence-corrected chi connectivity index (χ2v) is 7.66. The molecule has 0 radical (unpaired) electrons. The molecule has 1 heterocycles.